The molecule has 0 atom stereocenters. The molecule has 0 aliphatic carbocycles. The minimum atomic E-state index is -2.61. The minimum absolute atomic E-state index is 0. The van der Waals surface area contributed by atoms with E-state index in [9.17, 15) is 13.6 Å². The van der Waals surface area contributed by atoms with E-state index in [1.165, 1.54) is 6.07 Å². The third-order valence-electron chi connectivity index (χ3n) is 3.42. The maximum absolute atomic E-state index is 12.8. The molecule has 0 saturated heterocycles. The van der Waals surface area contributed by atoms with Crippen LogP contribution in [0.1, 0.15) is 11.1 Å². The Labute approximate surface area is 165 Å². The van der Waals surface area contributed by atoms with Crippen molar-refractivity contribution in [1.29, 1.82) is 0 Å². The molecule has 125 valence electrons. The maximum Gasteiger partial charge on any atom is 0.256 e. The Morgan fingerprint density at radius 3 is 2.62 bits per heavy atom. The molecule has 1 heterocycles. The Kier molecular flexibility index (Phi) is 7.97. The third kappa shape index (κ3) is 4.84. The molecule has 0 saturated carbocycles. The number of benzene rings is 1. The second kappa shape index (κ2) is 9.23. The summed E-state index contributed by atoms with van der Waals surface area (Å²) in [4.78, 5) is 12.2. The van der Waals surface area contributed by atoms with E-state index in [1.807, 2.05) is 6.92 Å². The van der Waals surface area contributed by atoms with Crippen LogP contribution in [0.15, 0.2) is 41.7 Å². The molecule has 0 amide bonds. The summed E-state index contributed by atoms with van der Waals surface area (Å²) in [6.07, 6.45) is -0.978. The van der Waals surface area contributed by atoms with Crippen LogP contribution in [-0.2, 0) is 39.3 Å². The molecule has 0 bridgehead atoms. The molecule has 2 rings (SSSR count). The van der Waals surface area contributed by atoms with Gasteiger partial charge in [-0.1, -0.05) is 48.9 Å². The van der Waals surface area contributed by atoms with E-state index in [2.05, 4.69) is 12.6 Å². The number of hydrogen-bond acceptors (Lipinski definition) is 2. The van der Waals surface area contributed by atoms with Crippen LogP contribution in [0.4, 0.5) is 8.78 Å². The fourth-order valence-electron chi connectivity index (χ4n) is 2.31. The van der Waals surface area contributed by atoms with Gasteiger partial charge in [0.1, 0.15) is 12.4 Å². The summed E-state index contributed by atoms with van der Waals surface area (Å²) in [5.74, 6) is 0.654. The fraction of sp³-hybridized carbons (Fsp3) is 0.278. The Morgan fingerprint density at radius 2 is 2.04 bits per heavy atom. The quantitative estimate of drug-likeness (QED) is 0.540. The van der Waals surface area contributed by atoms with E-state index in [0.29, 0.717) is 29.2 Å². The van der Waals surface area contributed by atoms with Gasteiger partial charge in [0.05, 0.1) is 6.54 Å². The summed E-state index contributed by atoms with van der Waals surface area (Å²) < 4.78 is 32.2. The number of nitrogens with zero attached hydrogens (tertiary/aromatic N) is 1. The van der Waals surface area contributed by atoms with Crippen LogP contribution >= 0.6 is 0 Å². The van der Waals surface area contributed by atoms with E-state index in [0.717, 1.165) is 10.1 Å². The number of aryl methyl sites for hydroxylation is 2. The van der Waals surface area contributed by atoms with E-state index < -0.39 is 18.5 Å². The summed E-state index contributed by atoms with van der Waals surface area (Å²) in [7, 11) is 0. The largest absolute Gasteiger partial charge is 0.490 e. The zero-order chi connectivity index (χ0) is 17.0. The summed E-state index contributed by atoms with van der Waals surface area (Å²) in [6, 6.07) is 9.75. The molecule has 1 radical (unpaired) electrons. The molecule has 6 heteroatoms. The van der Waals surface area contributed by atoms with Gasteiger partial charge in [0.2, 0.25) is 0 Å². The number of ether oxygens (including phenoxy) is 1. The molecular weight excluding hydrogens is 389 g/mol. The fourth-order valence-corrected chi connectivity index (χ4v) is 2.31. The van der Waals surface area contributed by atoms with Crippen LogP contribution in [0.5, 0.6) is 5.75 Å². The van der Waals surface area contributed by atoms with Crippen LogP contribution in [0.3, 0.4) is 0 Å². The van der Waals surface area contributed by atoms with Crippen molar-refractivity contribution < 1.29 is 46.2 Å². The van der Waals surface area contributed by atoms with Crippen molar-refractivity contribution >= 4 is 0 Å². The van der Waals surface area contributed by atoms with Crippen LogP contribution in [0, 0.1) is 19.9 Å². The van der Waals surface area contributed by atoms with Gasteiger partial charge in [-0.2, -0.15) is 12.1 Å². The van der Waals surface area contributed by atoms with Gasteiger partial charge in [0.15, 0.2) is 5.56 Å². The Morgan fingerprint density at radius 1 is 1.33 bits per heavy atom. The topological polar surface area (TPSA) is 31.2 Å². The van der Waals surface area contributed by atoms with Crippen molar-refractivity contribution in [3.05, 3.63) is 64.5 Å². The standard InChI is InChI=1S/C18H18F2NO2.Y/c1-4-9-23-14-6-7-15(13(3)10-14)16-8-5-12(2)18(22)21(16)11-17(19)20;/h4-7,10,17H,1,9,11H2,2-3H3;/q-1;. The zero-order valence-electron chi connectivity index (χ0n) is 13.7. The van der Waals surface area contributed by atoms with Crippen molar-refractivity contribution in [1.82, 2.24) is 4.57 Å². The molecule has 3 nitrogen and oxygen atoms in total. The molecule has 24 heavy (non-hydrogen) atoms. The maximum atomic E-state index is 12.8. The Bertz CT molecular complexity index is 772. The van der Waals surface area contributed by atoms with Crippen molar-refractivity contribution in [3.63, 3.8) is 0 Å². The number of aromatic nitrogens is 1. The van der Waals surface area contributed by atoms with E-state index in [4.69, 9.17) is 4.74 Å². The monoisotopic (exact) mass is 407 g/mol. The molecular formula is C18H18F2NO2Y-. The van der Waals surface area contributed by atoms with Crippen LogP contribution in [-0.4, -0.2) is 17.6 Å². The molecule has 1 aromatic heterocycles. The number of rotatable bonds is 6. The number of halogens is 2. The summed E-state index contributed by atoms with van der Waals surface area (Å²) >= 11 is 0. The molecule has 0 spiro atoms. The van der Waals surface area contributed by atoms with Crippen LogP contribution < -0.4 is 10.3 Å². The first kappa shape index (κ1) is 20.7. The first-order valence-electron chi connectivity index (χ1n) is 7.19. The summed E-state index contributed by atoms with van der Waals surface area (Å²) in [5, 5.41) is 0. The van der Waals surface area contributed by atoms with Crippen molar-refractivity contribution in [2.45, 2.75) is 26.8 Å². The third-order valence-corrected chi connectivity index (χ3v) is 3.42. The SMILES string of the molecule is C=CCOc1ccc(-c2[c-]cc(C)c(=O)n2CC(F)F)c(C)c1.[Y]. The molecule has 0 aliphatic rings. The van der Waals surface area contributed by atoms with Gasteiger partial charge in [-0.3, -0.25) is 4.79 Å². The Balaban J connectivity index is 0.00000288. The number of pyridine rings is 1. The average Bonchev–Trinajstić information content (AvgIpc) is 2.50. The predicted molar refractivity (Wildman–Crippen MR) is 86.1 cm³/mol. The van der Waals surface area contributed by atoms with E-state index in [1.54, 1.807) is 31.2 Å². The van der Waals surface area contributed by atoms with Crippen LogP contribution in [0.25, 0.3) is 11.3 Å². The zero-order valence-corrected chi connectivity index (χ0v) is 16.5. The van der Waals surface area contributed by atoms with Crippen molar-refractivity contribution in [3.8, 4) is 17.0 Å². The molecule has 0 aliphatic heterocycles. The molecule has 0 unspecified atom stereocenters. The molecule has 1 aromatic carbocycles. The van der Waals surface area contributed by atoms with Gasteiger partial charge < -0.3 is 9.30 Å². The van der Waals surface area contributed by atoms with Gasteiger partial charge >= 0.3 is 0 Å². The normalized spacial score (nSPS) is 10.4. The smallest absolute Gasteiger partial charge is 0.256 e. The molecule has 0 N–H and O–H groups in total. The predicted octanol–water partition coefficient (Wildman–Crippen LogP) is 3.76. The Hall–Kier alpha value is -1.33. The van der Waals surface area contributed by atoms with E-state index in [-0.39, 0.29) is 32.7 Å². The van der Waals surface area contributed by atoms with Gasteiger partial charge in [0.25, 0.3) is 6.43 Å². The van der Waals surface area contributed by atoms with Gasteiger partial charge in [-0.15, -0.1) is 6.07 Å². The average molecular weight is 407 g/mol. The van der Waals surface area contributed by atoms with Crippen molar-refractivity contribution in [2.75, 3.05) is 6.61 Å². The number of hydrogen-bond donors (Lipinski definition) is 0. The van der Waals surface area contributed by atoms with Gasteiger partial charge in [-0.25, -0.2) is 8.78 Å². The minimum Gasteiger partial charge on any atom is -0.490 e. The van der Waals surface area contributed by atoms with Gasteiger partial charge in [-0.05, 0) is 12.1 Å². The molecule has 2 aromatic rings. The summed E-state index contributed by atoms with van der Waals surface area (Å²) in [5.41, 5.74) is 1.81. The first-order valence-corrected chi connectivity index (χ1v) is 7.19. The second-order valence-electron chi connectivity index (χ2n) is 5.20. The van der Waals surface area contributed by atoms with E-state index >= 15 is 0 Å². The van der Waals surface area contributed by atoms with Gasteiger partial charge in [0, 0.05) is 32.7 Å². The first-order chi connectivity index (χ1) is 10.9. The van der Waals surface area contributed by atoms with Crippen LogP contribution in [0.2, 0.25) is 0 Å². The summed E-state index contributed by atoms with van der Waals surface area (Å²) in [6.45, 7) is 6.73. The second-order valence-corrected chi connectivity index (χ2v) is 5.20. The number of alkyl halides is 2. The molecule has 0 fully saturated rings. The van der Waals surface area contributed by atoms with Crippen molar-refractivity contribution in [2.24, 2.45) is 0 Å².